The number of aromatic nitrogens is 2. The summed E-state index contributed by atoms with van der Waals surface area (Å²) in [7, 11) is 0. The van der Waals surface area contributed by atoms with Crippen molar-refractivity contribution in [2.24, 2.45) is 0 Å². The van der Waals surface area contributed by atoms with Crippen molar-refractivity contribution in [2.75, 3.05) is 5.32 Å². The predicted molar refractivity (Wildman–Crippen MR) is 71.1 cm³/mol. The van der Waals surface area contributed by atoms with E-state index in [2.05, 4.69) is 10.4 Å². The minimum Gasteiger partial charge on any atom is -0.324 e. The van der Waals surface area contributed by atoms with Crippen LogP contribution in [0, 0.1) is 6.92 Å². The summed E-state index contributed by atoms with van der Waals surface area (Å²) in [5.74, 6) is -0.382. The quantitative estimate of drug-likeness (QED) is 0.841. The highest BCUT2D eigenvalue weighted by atomic mass is 16.2. The molecule has 0 radical (unpaired) electrons. The molecule has 0 spiro atoms. The standard InChI is InChI=1S/C13H13N3O3/c1-9-2-4-10(5-3-9)14-12(18)8-16-13(19)7-6-11(17)15-16/h2-7H,8H2,1H3,(H,14,18)(H,15,17). The van der Waals surface area contributed by atoms with Crippen molar-refractivity contribution >= 4 is 11.6 Å². The Balaban J connectivity index is 2.09. The van der Waals surface area contributed by atoms with Crippen LogP contribution in [0.15, 0.2) is 46.0 Å². The van der Waals surface area contributed by atoms with E-state index in [1.165, 1.54) is 0 Å². The van der Waals surface area contributed by atoms with Gasteiger partial charge < -0.3 is 5.32 Å². The summed E-state index contributed by atoms with van der Waals surface area (Å²) in [4.78, 5) is 34.2. The second kappa shape index (κ2) is 5.34. The number of rotatable bonds is 3. The number of aryl methyl sites for hydroxylation is 1. The van der Waals surface area contributed by atoms with E-state index in [1.807, 2.05) is 19.1 Å². The van der Waals surface area contributed by atoms with Gasteiger partial charge in [-0.05, 0) is 19.1 Å². The number of amides is 1. The minimum absolute atomic E-state index is 0.233. The van der Waals surface area contributed by atoms with E-state index in [1.54, 1.807) is 12.1 Å². The van der Waals surface area contributed by atoms with Gasteiger partial charge in [0.05, 0.1) is 0 Å². The third-order valence-corrected chi connectivity index (χ3v) is 2.53. The number of hydrogen-bond acceptors (Lipinski definition) is 3. The first-order valence-corrected chi connectivity index (χ1v) is 5.71. The molecule has 0 fully saturated rings. The molecular weight excluding hydrogens is 246 g/mol. The van der Waals surface area contributed by atoms with Gasteiger partial charge in [0.2, 0.25) is 5.91 Å². The topological polar surface area (TPSA) is 84.0 Å². The highest BCUT2D eigenvalue weighted by molar-refractivity contribution is 5.90. The molecule has 1 amide bonds. The zero-order chi connectivity index (χ0) is 13.8. The van der Waals surface area contributed by atoms with E-state index < -0.39 is 11.1 Å². The predicted octanol–water partition coefficient (Wildman–Crippen LogP) is 0.484. The van der Waals surface area contributed by atoms with Gasteiger partial charge in [0.1, 0.15) is 6.54 Å². The molecule has 0 bridgehead atoms. The third kappa shape index (κ3) is 3.41. The fraction of sp³-hybridized carbons (Fsp3) is 0.154. The van der Waals surface area contributed by atoms with Crippen molar-refractivity contribution in [1.29, 1.82) is 0 Å². The SMILES string of the molecule is Cc1ccc(NC(=O)Cn2[nH]c(=O)ccc2=O)cc1. The third-order valence-electron chi connectivity index (χ3n) is 2.53. The average molecular weight is 259 g/mol. The van der Waals surface area contributed by atoms with Crippen molar-refractivity contribution < 1.29 is 4.79 Å². The Morgan fingerprint density at radius 3 is 2.53 bits per heavy atom. The molecule has 0 aliphatic carbocycles. The first-order valence-electron chi connectivity index (χ1n) is 5.71. The molecule has 19 heavy (non-hydrogen) atoms. The van der Waals surface area contributed by atoms with Crippen molar-refractivity contribution in [3.05, 3.63) is 62.7 Å². The molecule has 0 atom stereocenters. The van der Waals surface area contributed by atoms with E-state index in [0.717, 1.165) is 22.4 Å². The summed E-state index contributed by atoms with van der Waals surface area (Å²) < 4.78 is 0.964. The van der Waals surface area contributed by atoms with Crippen molar-refractivity contribution in [2.45, 2.75) is 13.5 Å². The zero-order valence-corrected chi connectivity index (χ0v) is 10.3. The first kappa shape index (κ1) is 12.8. The fourth-order valence-electron chi connectivity index (χ4n) is 1.56. The van der Waals surface area contributed by atoms with Gasteiger partial charge in [-0.15, -0.1) is 0 Å². The molecule has 0 aliphatic heterocycles. The largest absolute Gasteiger partial charge is 0.324 e. The lowest BCUT2D eigenvalue weighted by Gasteiger charge is -2.07. The molecule has 0 aliphatic rings. The smallest absolute Gasteiger partial charge is 0.265 e. The second-order valence-corrected chi connectivity index (χ2v) is 4.15. The van der Waals surface area contributed by atoms with E-state index in [9.17, 15) is 14.4 Å². The van der Waals surface area contributed by atoms with Gasteiger partial charge in [-0.1, -0.05) is 17.7 Å². The van der Waals surface area contributed by atoms with Crippen molar-refractivity contribution in [3.8, 4) is 0 Å². The van der Waals surface area contributed by atoms with Crippen LogP contribution in [0.2, 0.25) is 0 Å². The van der Waals surface area contributed by atoms with Crippen molar-refractivity contribution in [3.63, 3.8) is 0 Å². The highest BCUT2D eigenvalue weighted by Gasteiger charge is 2.05. The number of nitrogens with one attached hydrogen (secondary N) is 2. The maximum Gasteiger partial charge on any atom is 0.265 e. The molecular formula is C13H13N3O3. The number of hydrogen-bond donors (Lipinski definition) is 2. The molecule has 2 N–H and O–H groups in total. The molecule has 0 unspecified atom stereocenters. The van der Waals surface area contributed by atoms with Crippen LogP contribution >= 0.6 is 0 Å². The second-order valence-electron chi connectivity index (χ2n) is 4.15. The molecule has 98 valence electrons. The Kier molecular flexibility index (Phi) is 3.61. The van der Waals surface area contributed by atoms with Crippen LogP contribution in [0.25, 0.3) is 0 Å². The van der Waals surface area contributed by atoms with Crippen molar-refractivity contribution in [1.82, 2.24) is 9.78 Å². The number of aromatic amines is 1. The van der Waals surface area contributed by atoms with E-state index >= 15 is 0 Å². The summed E-state index contributed by atoms with van der Waals surface area (Å²) in [5, 5.41) is 4.93. The fourth-order valence-corrected chi connectivity index (χ4v) is 1.56. The number of anilines is 1. The summed E-state index contributed by atoms with van der Waals surface area (Å²) >= 11 is 0. The molecule has 1 aromatic carbocycles. The zero-order valence-electron chi connectivity index (χ0n) is 10.3. The maximum absolute atomic E-state index is 11.7. The first-order chi connectivity index (χ1) is 9.04. The van der Waals surface area contributed by atoms with Gasteiger partial charge in [0.25, 0.3) is 11.1 Å². The van der Waals surface area contributed by atoms with Crippen LogP contribution in [0.1, 0.15) is 5.56 Å². The maximum atomic E-state index is 11.7. The van der Waals surface area contributed by atoms with Crippen LogP contribution in [-0.2, 0) is 11.3 Å². The van der Waals surface area contributed by atoms with Crippen LogP contribution in [0.3, 0.4) is 0 Å². The van der Waals surface area contributed by atoms with Gasteiger partial charge in [-0.25, -0.2) is 4.68 Å². The molecule has 6 nitrogen and oxygen atoms in total. The van der Waals surface area contributed by atoms with E-state index in [4.69, 9.17) is 0 Å². The van der Waals surface area contributed by atoms with E-state index in [0.29, 0.717) is 5.69 Å². The lowest BCUT2D eigenvalue weighted by atomic mass is 10.2. The minimum atomic E-state index is -0.432. The Bertz CT molecular complexity index is 698. The number of H-pyrrole nitrogens is 1. The number of nitrogens with zero attached hydrogens (tertiary/aromatic N) is 1. The van der Waals surface area contributed by atoms with Gasteiger partial charge in [-0.2, -0.15) is 0 Å². The molecule has 0 saturated carbocycles. The molecule has 6 heteroatoms. The highest BCUT2D eigenvalue weighted by Crippen LogP contribution is 2.08. The molecule has 0 saturated heterocycles. The molecule has 2 rings (SSSR count). The normalized spacial score (nSPS) is 10.2. The Hall–Kier alpha value is -2.63. The lowest BCUT2D eigenvalue weighted by Crippen LogP contribution is -2.32. The summed E-state index contributed by atoms with van der Waals surface area (Å²) in [6.07, 6.45) is 0. The average Bonchev–Trinajstić information content (AvgIpc) is 2.37. The summed E-state index contributed by atoms with van der Waals surface area (Å²) in [5.41, 5.74) is 0.866. The van der Waals surface area contributed by atoms with Crippen LogP contribution in [0.4, 0.5) is 5.69 Å². The van der Waals surface area contributed by atoms with Gasteiger partial charge >= 0.3 is 0 Å². The summed E-state index contributed by atoms with van der Waals surface area (Å²) in [6.45, 7) is 1.71. The molecule has 1 aromatic heterocycles. The van der Waals surface area contributed by atoms with Crippen LogP contribution < -0.4 is 16.4 Å². The number of carbonyl (C=O) groups is 1. The summed E-state index contributed by atoms with van der Waals surface area (Å²) in [6, 6.07) is 9.51. The van der Waals surface area contributed by atoms with Gasteiger partial charge in [0.15, 0.2) is 0 Å². The molecule has 1 heterocycles. The molecule has 2 aromatic rings. The number of carbonyl (C=O) groups excluding carboxylic acids is 1. The van der Waals surface area contributed by atoms with Gasteiger partial charge in [-0.3, -0.25) is 19.5 Å². The Morgan fingerprint density at radius 1 is 1.16 bits per heavy atom. The monoisotopic (exact) mass is 259 g/mol. The van der Waals surface area contributed by atoms with Gasteiger partial charge in [0, 0.05) is 17.8 Å². The Morgan fingerprint density at radius 2 is 1.84 bits per heavy atom. The lowest BCUT2D eigenvalue weighted by molar-refractivity contribution is -0.117. The van der Waals surface area contributed by atoms with Crippen LogP contribution in [0.5, 0.6) is 0 Å². The van der Waals surface area contributed by atoms with E-state index in [-0.39, 0.29) is 12.5 Å². The van der Waals surface area contributed by atoms with Crippen LogP contribution in [-0.4, -0.2) is 15.7 Å². The Labute approximate surface area is 108 Å². The number of benzene rings is 1.